The van der Waals surface area contributed by atoms with E-state index in [-0.39, 0.29) is 17.3 Å². The standard InChI is InChI=1S/C15H10BrFN2O2/c16-10-6-7-11(12(17)8-10)13(20)15-19-18-14(21-15)9-4-2-1-3-5-9/h1-8,13,20H/t13-/m0/s1. The SMILES string of the molecule is O[C@H](c1nnc(-c2ccccc2)o1)c1ccc(Br)cc1F. The molecule has 3 rings (SSSR count). The smallest absolute Gasteiger partial charge is 0.249 e. The molecule has 0 saturated heterocycles. The Morgan fingerprint density at radius 3 is 2.57 bits per heavy atom. The molecule has 0 saturated carbocycles. The summed E-state index contributed by atoms with van der Waals surface area (Å²) in [7, 11) is 0. The van der Waals surface area contributed by atoms with E-state index in [1.165, 1.54) is 12.1 Å². The molecule has 0 spiro atoms. The Labute approximate surface area is 128 Å². The third-order valence-electron chi connectivity index (χ3n) is 2.95. The van der Waals surface area contributed by atoms with Crippen molar-refractivity contribution < 1.29 is 13.9 Å². The van der Waals surface area contributed by atoms with Gasteiger partial charge in [0.05, 0.1) is 0 Å². The van der Waals surface area contributed by atoms with Crippen LogP contribution in [0.15, 0.2) is 57.4 Å². The molecule has 0 fully saturated rings. The molecule has 3 aromatic rings. The van der Waals surface area contributed by atoms with Crippen LogP contribution in [0.1, 0.15) is 17.6 Å². The monoisotopic (exact) mass is 348 g/mol. The third kappa shape index (κ3) is 2.86. The van der Waals surface area contributed by atoms with Gasteiger partial charge in [-0.15, -0.1) is 10.2 Å². The summed E-state index contributed by atoms with van der Waals surface area (Å²) in [4.78, 5) is 0. The molecular weight excluding hydrogens is 339 g/mol. The molecule has 0 bridgehead atoms. The summed E-state index contributed by atoms with van der Waals surface area (Å²) < 4.78 is 19.8. The molecular formula is C15H10BrFN2O2. The zero-order valence-corrected chi connectivity index (χ0v) is 12.3. The van der Waals surface area contributed by atoms with Crippen molar-refractivity contribution in [2.24, 2.45) is 0 Å². The molecule has 1 aromatic heterocycles. The van der Waals surface area contributed by atoms with Gasteiger partial charge in [-0.1, -0.05) is 40.2 Å². The average Bonchev–Trinajstić information content (AvgIpc) is 2.97. The maximum absolute atomic E-state index is 13.8. The van der Waals surface area contributed by atoms with E-state index in [0.29, 0.717) is 4.47 Å². The second-order valence-electron chi connectivity index (χ2n) is 4.38. The number of hydrogen-bond donors (Lipinski definition) is 1. The van der Waals surface area contributed by atoms with Crippen LogP contribution in [0.4, 0.5) is 4.39 Å². The minimum Gasteiger partial charge on any atom is -0.417 e. The zero-order valence-electron chi connectivity index (χ0n) is 10.7. The third-order valence-corrected chi connectivity index (χ3v) is 3.45. The first-order chi connectivity index (χ1) is 10.1. The number of benzene rings is 2. The number of nitrogens with zero attached hydrogens (tertiary/aromatic N) is 2. The summed E-state index contributed by atoms with van der Waals surface area (Å²) in [6.45, 7) is 0. The summed E-state index contributed by atoms with van der Waals surface area (Å²) in [5.74, 6) is -0.311. The lowest BCUT2D eigenvalue weighted by atomic mass is 10.1. The predicted molar refractivity (Wildman–Crippen MR) is 77.9 cm³/mol. The van der Waals surface area contributed by atoms with Crippen LogP contribution < -0.4 is 0 Å². The molecule has 0 aliphatic rings. The van der Waals surface area contributed by atoms with Crippen molar-refractivity contribution in [3.05, 3.63) is 70.3 Å². The lowest BCUT2D eigenvalue weighted by Crippen LogP contribution is -2.03. The normalized spacial score (nSPS) is 12.3. The van der Waals surface area contributed by atoms with Crippen LogP contribution in [-0.2, 0) is 0 Å². The summed E-state index contributed by atoms with van der Waals surface area (Å²) in [6.07, 6.45) is -1.30. The zero-order chi connectivity index (χ0) is 14.8. The minimum absolute atomic E-state index is 0.0462. The Balaban J connectivity index is 1.92. The largest absolute Gasteiger partial charge is 0.417 e. The van der Waals surface area contributed by atoms with Crippen molar-refractivity contribution in [2.75, 3.05) is 0 Å². The van der Waals surface area contributed by atoms with Gasteiger partial charge in [0.15, 0.2) is 6.10 Å². The number of aliphatic hydroxyl groups is 1. The second-order valence-corrected chi connectivity index (χ2v) is 5.30. The van der Waals surface area contributed by atoms with E-state index in [0.717, 1.165) is 5.56 Å². The van der Waals surface area contributed by atoms with E-state index in [2.05, 4.69) is 26.1 Å². The topological polar surface area (TPSA) is 59.2 Å². The molecule has 4 nitrogen and oxygen atoms in total. The van der Waals surface area contributed by atoms with E-state index in [1.54, 1.807) is 6.07 Å². The Hall–Kier alpha value is -2.05. The molecule has 1 N–H and O–H groups in total. The summed E-state index contributed by atoms with van der Waals surface area (Å²) in [5.41, 5.74) is 0.821. The summed E-state index contributed by atoms with van der Waals surface area (Å²) in [5, 5.41) is 17.8. The van der Waals surface area contributed by atoms with Gasteiger partial charge in [0, 0.05) is 15.6 Å². The van der Waals surface area contributed by atoms with Gasteiger partial charge >= 0.3 is 0 Å². The van der Waals surface area contributed by atoms with Crippen molar-refractivity contribution in [3.63, 3.8) is 0 Å². The van der Waals surface area contributed by atoms with E-state index >= 15 is 0 Å². The van der Waals surface area contributed by atoms with Crippen LogP contribution in [-0.4, -0.2) is 15.3 Å². The molecule has 0 unspecified atom stereocenters. The second kappa shape index (κ2) is 5.75. The maximum Gasteiger partial charge on any atom is 0.249 e. The summed E-state index contributed by atoms with van der Waals surface area (Å²) in [6, 6.07) is 13.5. The van der Waals surface area contributed by atoms with E-state index in [1.807, 2.05) is 30.3 Å². The quantitative estimate of drug-likeness (QED) is 0.783. The van der Waals surface area contributed by atoms with Gasteiger partial charge in [-0.25, -0.2) is 4.39 Å². The molecule has 21 heavy (non-hydrogen) atoms. The number of hydrogen-bond acceptors (Lipinski definition) is 4. The van der Waals surface area contributed by atoms with Crippen LogP contribution >= 0.6 is 15.9 Å². The Kier molecular flexibility index (Phi) is 3.81. The highest BCUT2D eigenvalue weighted by molar-refractivity contribution is 9.10. The first-order valence-corrected chi connectivity index (χ1v) is 6.96. The number of aliphatic hydroxyl groups excluding tert-OH is 1. The van der Waals surface area contributed by atoms with Crippen molar-refractivity contribution >= 4 is 15.9 Å². The van der Waals surface area contributed by atoms with Crippen molar-refractivity contribution in [3.8, 4) is 11.5 Å². The van der Waals surface area contributed by atoms with Gasteiger partial charge in [0.25, 0.3) is 0 Å². The molecule has 6 heteroatoms. The molecule has 0 aliphatic carbocycles. The van der Waals surface area contributed by atoms with Crippen LogP contribution in [0.3, 0.4) is 0 Å². The number of aromatic nitrogens is 2. The average molecular weight is 349 g/mol. The van der Waals surface area contributed by atoms with Gasteiger partial charge < -0.3 is 9.52 Å². The van der Waals surface area contributed by atoms with Gasteiger partial charge in [-0.2, -0.15) is 0 Å². The highest BCUT2D eigenvalue weighted by atomic mass is 79.9. The van der Waals surface area contributed by atoms with Gasteiger partial charge in [0.1, 0.15) is 5.82 Å². The Morgan fingerprint density at radius 2 is 1.86 bits per heavy atom. The van der Waals surface area contributed by atoms with E-state index < -0.39 is 11.9 Å². The van der Waals surface area contributed by atoms with E-state index in [9.17, 15) is 9.50 Å². The van der Waals surface area contributed by atoms with Crippen molar-refractivity contribution in [2.45, 2.75) is 6.10 Å². The van der Waals surface area contributed by atoms with Crippen molar-refractivity contribution in [1.29, 1.82) is 0 Å². The molecule has 1 atom stereocenters. The van der Waals surface area contributed by atoms with Crippen LogP contribution in [0, 0.1) is 5.82 Å². The fourth-order valence-corrected chi connectivity index (χ4v) is 2.23. The van der Waals surface area contributed by atoms with Crippen molar-refractivity contribution in [1.82, 2.24) is 10.2 Å². The predicted octanol–water partition coefficient (Wildman–Crippen LogP) is 3.72. The fourth-order valence-electron chi connectivity index (χ4n) is 1.90. The fraction of sp³-hybridized carbons (Fsp3) is 0.0667. The first kappa shape index (κ1) is 13.9. The van der Waals surface area contributed by atoms with Crippen LogP contribution in [0.25, 0.3) is 11.5 Å². The van der Waals surface area contributed by atoms with E-state index in [4.69, 9.17) is 4.42 Å². The highest BCUT2D eigenvalue weighted by Crippen LogP contribution is 2.27. The molecule has 1 heterocycles. The number of halogens is 2. The van der Waals surface area contributed by atoms with Crippen LogP contribution in [0.5, 0.6) is 0 Å². The Morgan fingerprint density at radius 1 is 1.10 bits per heavy atom. The van der Waals surface area contributed by atoms with Crippen LogP contribution in [0.2, 0.25) is 0 Å². The molecule has 0 radical (unpaired) electrons. The lowest BCUT2D eigenvalue weighted by Gasteiger charge is -2.07. The maximum atomic E-state index is 13.8. The molecule has 0 amide bonds. The van der Waals surface area contributed by atoms with Gasteiger partial charge in [-0.3, -0.25) is 0 Å². The highest BCUT2D eigenvalue weighted by Gasteiger charge is 2.21. The van der Waals surface area contributed by atoms with Gasteiger partial charge in [-0.05, 0) is 24.3 Å². The molecule has 106 valence electrons. The number of rotatable bonds is 3. The first-order valence-electron chi connectivity index (χ1n) is 6.17. The lowest BCUT2D eigenvalue weighted by molar-refractivity contribution is 0.179. The molecule has 0 aliphatic heterocycles. The summed E-state index contributed by atoms with van der Waals surface area (Å²) >= 11 is 3.16. The minimum atomic E-state index is -1.30. The molecule has 2 aromatic carbocycles. The Bertz CT molecular complexity index is 761. The van der Waals surface area contributed by atoms with Gasteiger partial charge in [0.2, 0.25) is 11.8 Å².